The SMILES string of the molecule is CCC(C)(C#N)N=[N+](CCO)C(C)(C#N)CC. The van der Waals surface area contributed by atoms with Crippen LogP contribution >= 0.6 is 0 Å². The lowest BCUT2D eigenvalue weighted by molar-refractivity contribution is -0.655. The van der Waals surface area contributed by atoms with Crippen molar-refractivity contribution in [2.24, 2.45) is 5.11 Å². The van der Waals surface area contributed by atoms with Crippen LogP contribution in [0.1, 0.15) is 40.5 Å². The van der Waals surface area contributed by atoms with Crippen molar-refractivity contribution < 1.29 is 9.80 Å². The number of aliphatic hydroxyl groups is 1. The molecule has 17 heavy (non-hydrogen) atoms. The summed E-state index contributed by atoms with van der Waals surface area (Å²) in [6.07, 6.45) is 1.15. The quantitative estimate of drug-likeness (QED) is 0.565. The second-order valence-corrected chi connectivity index (χ2v) is 4.43. The van der Waals surface area contributed by atoms with Gasteiger partial charge in [0.2, 0.25) is 5.54 Å². The Labute approximate surface area is 103 Å². The van der Waals surface area contributed by atoms with Crippen LogP contribution in [0.5, 0.6) is 0 Å². The summed E-state index contributed by atoms with van der Waals surface area (Å²) < 4.78 is 1.54. The molecule has 0 radical (unpaired) electrons. The smallest absolute Gasteiger partial charge is 0.269 e. The summed E-state index contributed by atoms with van der Waals surface area (Å²) in [6, 6.07) is 4.33. The van der Waals surface area contributed by atoms with Gasteiger partial charge in [0.1, 0.15) is 12.7 Å². The zero-order valence-corrected chi connectivity index (χ0v) is 11.1. The molecule has 5 heteroatoms. The van der Waals surface area contributed by atoms with Gasteiger partial charge in [-0.05, 0) is 18.5 Å². The van der Waals surface area contributed by atoms with Crippen LogP contribution < -0.4 is 0 Å². The van der Waals surface area contributed by atoms with E-state index in [2.05, 4.69) is 17.3 Å². The maximum Gasteiger partial charge on any atom is 0.269 e. The van der Waals surface area contributed by atoms with Crippen LogP contribution in [0.25, 0.3) is 0 Å². The average Bonchev–Trinajstić information content (AvgIpc) is 2.37. The number of nitrogens with zero attached hydrogens (tertiary/aromatic N) is 4. The lowest BCUT2D eigenvalue weighted by atomic mass is 10.00. The number of β-amino-alcohol motifs (C(OH)–C–C–N with tert-alkyl or cyclic N) is 1. The van der Waals surface area contributed by atoms with Gasteiger partial charge in [-0.15, -0.1) is 4.70 Å². The van der Waals surface area contributed by atoms with E-state index in [0.717, 1.165) is 0 Å². The van der Waals surface area contributed by atoms with Gasteiger partial charge < -0.3 is 5.11 Å². The molecule has 0 aromatic rings. The molecule has 0 spiro atoms. The Morgan fingerprint density at radius 2 is 1.76 bits per heavy atom. The monoisotopic (exact) mass is 237 g/mol. The third kappa shape index (κ3) is 3.80. The summed E-state index contributed by atoms with van der Waals surface area (Å²) >= 11 is 0. The van der Waals surface area contributed by atoms with E-state index in [0.29, 0.717) is 12.8 Å². The summed E-state index contributed by atoms with van der Waals surface area (Å²) in [5.74, 6) is 0. The van der Waals surface area contributed by atoms with Gasteiger partial charge in [-0.3, -0.25) is 0 Å². The number of hydrogen-bond donors (Lipinski definition) is 1. The van der Waals surface area contributed by atoms with Crippen LogP contribution in [0.2, 0.25) is 0 Å². The molecule has 0 aliphatic heterocycles. The number of nitriles is 2. The van der Waals surface area contributed by atoms with Crippen molar-refractivity contribution in [3.63, 3.8) is 0 Å². The molecule has 0 aromatic heterocycles. The highest BCUT2D eigenvalue weighted by Gasteiger charge is 2.39. The molecule has 0 saturated carbocycles. The zero-order chi connectivity index (χ0) is 13.5. The van der Waals surface area contributed by atoms with Gasteiger partial charge >= 0.3 is 0 Å². The van der Waals surface area contributed by atoms with Crippen molar-refractivity contribution in [3.8, 4) is 12.1 Å². The fraction of sp³-hybridized carbons (Fsp3) is 0.833. The second-order valence-electron chi connectivity index (χ2n) is 4.43. The van der Waals surface area contributed by atoms with Crippen LogP contribution in [0, 0.1) is 22.7 Å². The Bertz CT molecular complexity index is 366. The second kappa shape index (κ2) is 6.32. The molecule has 2 unspecified atom stereocenters. The van der Waals surface area contributed by atoms with Crippen molar-refractivity contribution in [2.75, 3.05) is 13.2 Å². The lowest BCUT2D eigenvalue weighted by Gasteiger charge is -2.19. The van der Waals surface area contributed by atoms with Crippen LogP contribution in [-0.4, -0.2) is 34.0 Å². The fourth-order valence-corrected chi connectivity index (χ4v) is 1.26. The molecule has 0 aliphatic rings. The van der Waals surface area contributed by atoms with Gasteiger partial charge in [0.15, 0.2) is 6.54 Å². The van der Waals surface area contributed by atoms with Gasteiger partial charge in [0.05, 0.1) is 6.07 Å². The van der Waals surface area contributed by atoms with E-state index in [4.69, 9.17) is 10.4 Å². The first-order valence-corrected chi connectivity index (χ1v) is 5.85. The maximum atomic E-state index is 9.21. The summed E-state index contributed by atoms with van der Waals surface area (Å²) in [5.41, 5.74) is -1.63. The Balaban J connectivity index is 5.47. The highest BCUT2D eigenvalue weighted by Crippen LogP contribution is 2.20. The Hall–Kier alpha value is -1.46. The predicted octanol–water partition coefficient (Wildman–Crippen LogP) is 1.83. The maximum absolute atomic E-state index is 9.21. The molecular formula is C12H21N4O+. The normalized spacial score (nSPS) is 18.6. The zero-order valence-electron chi connectivity index (χ0n) is 11.1. The molecule has 2 atom stereocenters. The molecule has 0 rings (SSSR count). The third-order valence-corrected chi connectivity index (χ3v) is 3.08. The molecule has 0 amide bonds. The van der Waals surface area contributed by atoms with Crippen LogP contribution in [0.4, 0.5) is 0 Å². The highest BCUT2D eigenvalue weighted by atomic mass is 16.3. The van der Waals surface area contributed by atoms with Gasteiger partial charge in [0.25, 0.3) is 5.54 Å². The number of aliphatic hydroxyl groups excluding tert-OH is 1. The van der Waals surface area contributed by atoms with E-state index >= 15 is 0 Å². The molecule has 1 N–H and O–H groups in total. The standard InChI is InChI=1S/C12H21N4O/c1-5-11(3,9-13)15-16(7-8-17)12(4,6-2)10-14/h17H,5-8H2,1-4H3/q+1. The van der Waals surface area contributed by atoms with Gasteiger partial charge in [0, 0.05) is 13.3 Å². The number of hydrogen-bond acceptors (Lipinski definition) is 4. The first kappa shape index (κ1) is 15.5. The minimum atomic E-state index is -0.845. The number of azo groups is 2. The van der Waals surface area contributed by atoms with Crippen molar-refractivity contribution in [3.05, 3.63) is 0 Å². The van der Waals surface area contributed by atoms with Crippen molar-refractivity contribution >= 4 is 0 Å². The molecule has 0 saturated heterocycles. The van der Waals surface area contributed by atoms with E-state index < -0.39 is 11.1 Å². The first-order valence-electron chi connectivity index (χ1n) is 5.85. The van der Waals surface area contributed by atoms with Gasteiger partial charge in [-0.2, -0.15) is 10.5 Å². The van der Waals surface area contributed by atoms with E-state index in [-0.39, 0.29) is 13.2 Å². The average molecular weight is 237 g/mol. The molecule has 0 bridgehead atoms. The molecule has 0 aromatic carbocycles. The predicted molar refractivity (Wildman–Crippen MR) is 63.3 cm³/mol. The summed E-state index contributed by atoms with van der Waals surface area (Å²) in [5, 5.41) is 31.7. The van der Waals surface area contributed by atoms with E-state index in [1.807, 2.05) is 13.8 Å². The summed E-state index contributed by atoms with van der Waals surface area (Å²) in [7, 11) is 0. The Morgan fingerprint density at radius 3 is 2.06 bits per heavy atom. The molecule has 94 valence electrons. The highest BCUT2D eigenvalue weighted by molar-refractivity contribution is 5.02. The minimum Gasteiger partial charge on any atom is -0.390 e. The van der Waals surface area contributed by atoms with Crippen molar-refractivity contribution in [1.29, 1.82) is 10.5 Å². The molecule has 5 nitrogen and oxygen atoms in total. The lowest BCUT2D eigenvalue weighted by Crippen LogP contribution is -2.40. The Kier molecular flexibility index (Phi) is 5.78. The van der Waals surface area contributed by atoms with Gasteiger partial charge in [-0.1, -0.05) is 13.8 Å². The topological polar surface area (TPSA) is 83.2 Å². The molecule has 0 fully saturated rings. The van der Waals surface area contributed by atoms with E-state index in [1.54, 1.807) is 18.5 Å². The molecule has 0 aliphatic carbocycles. The molecule has 0 heterocycles. The van der Waals surface area contributed by atoms with Crippen LogP contribution in [0.15, 0.2) is 5.11 Å². The first-order chi connectivity index (χ1) is 7.91. The Morgan fingerprint density at radius 1 is 1.18 bits per heavy atom. The van der Waals surface area contributed by atoms with Crippen molar-refractivity contribution in [2.45, 2.75) is 51.6 Å². The molecular weight excluding hydrogens is 216 g/mol. The van der Waals surface area contributed by atoms with Crippen molar-refractivity contribution in [1.82, 2.24) is 0 Å². The van der Waals surface area contributed by atoms with E-state index in [9.17, 15) is 5.26 Å². The minimum absolute atomic E-state index is 0.0913. The van der Waals surface area contributed by atoms with Crippen LogP contribution in [0.3, 0.4) is 0 Å². The fourth-order valence-electron chi connectivity index (χ4n) is 1.26. The largest absolute Gasteiger partial charge is 0.390 e. The summed E-state index contributed by atoms with van der Waals surface area (Å²) in [4.78, 5) is 0. The van der Waals surface area contributed by atoms with Gasteiger partial charge in [-0.25, -0.2) is 0 Å². The van der Waals surface area contributed by atoms with Crippen LogP contribution in [-0.2, 0) is 0 Å². The third-order valence-electron chi connectivity index (χ3n) is 3.08. The summed E-state index contributed by atoms with van der Waals surface area (Å²) in [6.45, 7) is 7.42. The van der Waals surface area contributed by atoms with E-state index in [1.165, 1.54) is 0 Å². The number of rotatable bonds is 6.